The molecule has 0 radical (unpaired) electrons. The highest BCUT2D eigenvalue weighted by Crippen LogP contribution is 2.24. The number of halogens is 1. The molecule has 1 rings (SSSR count). The van der Waals surface area contributed by atoms with Crippen molar-refractivity contribution < 1.29 is 9.13 Å². The van der Waals surface area contributed by atoms with Gasteiger partial charge in [-0.3, -0.25) is 14.3 Å². The van der Waals surface area contributed by atoms with Crippen LogP contribution in [0.5, 0.6) is 0 Å². The summed E-state index contributed by atoms with van der Waals surface area (Å²) in [7, 11) is -0.929. The van der Waals surface area contributed by atoms with E-state index in [4.69, 9.17) is 11.6 Å². The summed E-state index contributed by atoms with van der Waals surface area (Å²) in [5.41, 5.74) is -0.160. The first kappa shape index (κ1) is 13.9. The zero-order valence-electron chi connectivity index (χ0n) is 9.34. The van der Waals surface area contributed by atoms with Gasteiger partial charge in [0.05, 0.1) is 9.95 Å². The van der Waals surface area contributed by atoms with Crippen molar-refractivity contribution in [1.29, 1.82) is 0 Å². The summed E-state index contributed by atoms with van der Waals surface area (Å²) in [5.74, 6) is 0.810. The molecule has 0 saturated carbocycles. The van der Waals surface area contributed by atoms with Crippen LogP contribution in [0.3, 0.4) is 0 Å². The van der Waals surface area contributed by atoms with Crippen LogP contribution in [0.25, 0.3) is 0 Å². The molecular weight excluding hydrogens is 266 g/mol. The van der Waals surface area contributed by atoms with Crippen molar-refractivity contribution in [3.8, 4) is 0 Å². The molecule has 0 spiro atoms. The Kier molecular flexibility index (Phi) is 4.83. The van der Waals surface area contributed by atoms with E-state index in [1.54, 1.807) is 6.26 Å². The van der Waals surface area contributed by atoms with Gasteiger partial charge in [0.15, 0.2) is 0 Å². The van der Waals surface area contributed by atoms with Gasteiger partial charge in [0, 0.05) is 34.9 Å². The Morgan fingerprint density at radius 2 is 2.35 bits per heavy atom. The fourth-order valence-corrected chi connectivity index (χ4v) is 2.26. The van der Waals surface area contributed by atoms with Crippen LogP contribution in [0.15, 0.2) is 12.3 Å². The summed E-state index contributed by atoms with van der Waals surface area (Å²) in [5, 5.41) is 13.6. The van der Waals surface area contributed by atoms with Crippen LogP contribution in [0.2, 0.25) is 5.02 Å². The number of hydrogen-bond donors (Lipinski definition) is 1. The van der Waals surface area contributed by atoms with Gasteiger partial charge in [-0.15, -0.1) is 0 Å². The predicted molar refractivity (Wildman–Crippen MR) is 67.9 cm³/mol. The average Bonchev–Trinajstić information content (AvgIpc) is 2.19. The van der Waals surface area contributed by atoms with Gasteiger partial charge in [-0.2, -0.15) is 0 Å². The molecule has 6 nitrogen and oxygen atoms in total. The Bertz CT molecular complexity index is 455. The van der Waals surface area contributed by atoms with E-state index in [0.29, 0.717) is 11.6 Å². The largest absolute Gasteiger partial charge is 0.365 e. The lowest BCUT2D eigenvalue weighted by Crippen LogP contribution is -2.23. The lowest BCUT2D eigenvalue weighted by atomic mass is 10.3. The Labute approximate surface area is 106 Å². The highest BCUT2D eigenvalue weighted by atomic mass is 35.5. The minimum Gasteiger partial charge on any atom is -0.365 e. The Hall–Kier alpha value is -1.21. The van der Waals surface area contributed by atoms with E-state index >= 15 is 0 Å². The number of nitrogens with one attached hydrogen (secondary N) is 1. The maximum atomic E-state index is 11.0. The number of rotatable bonds is 5. The fourth-order valence-electron chi connectivity index (χ4n) is 1.26. The quantitative estimate of drug-likeness (QED) is 0.655. The van der Waals surface area contributed by atoms with Crippen molar-refractivity contribution in [2.45, 2.75) is 13.0 Å². The molecule has 1 aromatic rings. The molecule has 0 aliphatic rings. The van der Waals surface area contributed by atoms with Crippen LogP contribution in [0, 0.1) is 10.1 Å². The third-order valence-corrected chi connectivity index (χ3v) is 3.16. The lowest BCUT2D eigenvalue weighted by molar-refractivity contribution is -0.385. The van der Waals surface area contributed by atoms with E-state index in [-0.39, 0.29) is 16.8 Å². The Morgan fingerprint density at radius 3 is 2.82 bits per heavy atom. The first-order valence-electron chi connectivity index (χ1n) is 4.76. The van der Waals surface area contributed by atoms with Gasteiger partial charge in [0.1, 0.15) is 12.0 Å². The molecular formula is C9H12ClN3O3S. The van der Waals surface area contributed by atoms with Gasteiger partial charge >= 0.3 is 0 Å². The van der Waals surface area contributed by atoms with Crippen LogP contribution in [0.4, 0.5) is 11.5 Å². The number of hydrogen-bond acceptors (Lipinski definition) is 5. The molecule has 2 atom stereocenters. The molecule has 17 heavy (non-hydrogen) atoms. The van der Waals surface area contributed by atoms with Crippen LogP contribution in [0.1, 0.15) is 6.92 Å². The molecule has 0 amide bonds. The normalized spacial score (nSPS) is 14.1. The second-order valence-corrected chi connectivity index (χ2v) is 5.45. The second-order valence-electron chi connectivity index (χ2n) is 3.57. The summed E-state index contributed by atoms with van der Waals surface area (Å²) in [6, 6.07) is 1.15. The smallest absolute Gasteiger partial charge is 0.289 e. The standard InChI is InChI=1S/C9H12ClN3O3S/c1-6(5-17(2)16)12-9-8(10)3-7(4-11-9)13(14)15/h3-4,6H,5H2,1-2H3,(H,11,12). The van der Waals surface area contributed by atoms with E-state index in [2.05, 4.69) is 10.3 Å². The molecule has 94 valence electrons. The maximum absolute atomic E-state index is 11.0. The number of nitro groups is 1. The Morgan fingerprint density at radius 1 is 1.71 bits per heavy atom. The first-order chi connectivity index (χ1) is 7.90. The molecule has 1 aromatic heterocycles. The van der Waals surface area contributed by atoms with Gasteiger partial charge < -0.3 is 5.32 Å². The van der Waals surface area contributed by atoms with Gasteiger partial charge in [-0.25, -0.2) is 4.98 Å². The number of anilines is 1. The zero-order valence-corrected chi connectivity index (χ0v) is 10.9. The van der Waals surface area contributed by atoms with Gasteiger partial charge in [-0.1, -0.05) is 11.6 Å². The predicted octanol–water partition coefficient (Wildman–Crippen LogP) is 1.82. The monoisotopic (exact) mass is 277 g/mol. The van der Waals surface area contributed by atoms with E-state index < -0.39 is 15.7 Å². The average molecular weight is 278 g/mol. The lowest BCUT2D eigenvalue weighted by Gasteiger charge is -2.13. The van der Waals surface area contributed by atoms with Crippen molar-refractivity contribution in [1.82, 2.24) is 4.98 Å². The number of pyridine rings is 1. The summed E-state index contributed by atoms with van der Waals surface area (Å²) >= 11 is 5.85. The highest BCUT2D eigenvalue weighted by molar-refractivity contribution is 7.84. The first-order valence-corrected chi connectivity index (χ1v) is 6.87. The van der Waals surface area contributed by atoms with E-state index in [1.165, 1.54) is 6.07 Å². The van der Waals surface area contributed by atoms with Gasteiger partial charge in [-0.05, 0) is 6.92 Å². The summed E-state index contributed by atoms with van der Waals surface area (Å²) in [4.78, 5) is 13.8. The van der Waals surface area contributed by atoms with E-state index in [1.807, 2.05) is 6.92 Å². The highest BCUT2D eigenvalue weighted by Gasteiger charge is 2.13. The van der Waals surface area contributed by atoms with Gasteiger partial charge in [0.2, 0.25) is 0 Å². The van der Waals surface area contributed by atoms with Crippen molar-refractivity contribution in [2.24, 2.45) is 0 Å². The molecule has 1 heterocycles. The summed E-state index contributed by atoms with van der Waals surface area (Å²) < 4.78 is 11.0. The minimum absolute atomic E-state index is 0.0766. The second kappa shape index (κ2) is 5.92. The van der Waals surface area contributed by atoms with Crippen LogP contribution in [-0.4, -0.2) is 32.2 Å². The fraction of sp³-hybridized carbons (Fsp3) is 0.444. The molecule has 0 aliphatic carbocycles. The van der Waals surface area contributed by atoms with Crippen molar-refractivity contribution in [3.63, 3.8) is 0 Å². The van der Waals surface area contributed by atoms with Crippen molar-refractivity contribution in [2.75, 3.05) is 17.3 Å². The Balaban J connectivity index is 2.79. The SMILES string of the molecule is CC(CS(C)=O)Nc1ncc([N+](=O)[O-])cc1Cl. The van der Waals surface area contributed by atoms with Crippen LogP contribution >= 0.6 is 11.6 Å². The van der Waals surface area contributed by atoms with Crippen molar-refractivity contribution >= 4 is 33.9 Å². The molecule has 8 heteroatoms. The molecule has 0 aliphatic heterocycles. The number of aromatic nitrogens is 1. The molecule has 0 aromatic carbocycles. The molecule has 0 saturated heterocycles. The summed E-state index contributed by atoms with van der Waals surface area (Å²) in [6.45, 7) is 1.83. The van der Waals surface area contributed by atoms with Crippen LogP contribution in [-0.2, 0) is 10.8 Å². The molecule has 1 N–H and O–H groups in total. The van der Waals surface area contributed by atoms with Gasteiger partial charge in [0.25, 0.3) is 5.69 Å². The zero-order chi connectivity index (χ0) is 13.0. The molecule has 0 fully saturated rings. The topological polar surface area (TPSA) is 85.1 Å². The maximum Gasteiger partial charge on any atom is 0.289 e. The van der Waals surface area contributed by atoms with E-state index in [9.17, 15) is 14.3 Å². The van der Waals surface area contributed by atoms with Crippen molar-refractivity contribution in [3.05, 3.63) is 27.4 Å². The molecule has 2 unspecified atom stereocenters. The minimum atomic E-state index is -0.929. The summed E-state index contributed by atoms with van der Waals surface area (Å²) in [6.07, 6.45) is 2.73. The number of nitrogens with zero attached hydrogens (tertiary/aromatic N) is 2. The van der Waals surface area contributed by atoms with Crippen LogP contribution < -0.4 is 5.32 Å². The molecule has 0 bridgehead atoms. The third kappa shape index (κ3) is 4.27. The third-order valence-electron chi connectivity index (χ3n) is 1.91. The van der Waals surface area contributed by atoms with E-state index in [0.717, 1.165) is 6.20 Å².